The number of aliphatic hydroxyl groups is 1. The molecule has 5 fully saturated rings. The van der Waals surface area contributed by atoms with E-state index in [2.05, 4.69) is 59.3 Å². The first-order chi connectivity index (χ1) is 13.5. The van der Waals surface area contributed by atoms with Gasteiger partial charge in [0.25, 0.3) is 0 Å². The predicted molar refractivity (Wildman–Crippen MR) is 120 cm³/mol. The minimum atomic E-state index is -0.147. The minimum Gasteiger partial charge on any atom is -0.393 e. The molecule has 0 amide bonds. The highest BCUT2D eigenvalue weighted by molar-refractivity contribution is 5.31. The Morgan fingerprint density at radius 2 is 1.52 bits per heavy atom. The van der Waals surface area contributed by atoms with Crippen LogP contribution in [0.15, 0.2) is 0 Å². The topological polar surface area (TPSA) is 44.3 Å². The third-order valence-electron chi connectivity index (χ3n) is 12.5. The van der Waals surface area contributed by atoms with Crippen LogP contribution in [0.1, 0.15) is 86.0 Å². The van der Waals surface area contributed by atoms with Crippen molar-refractivity contribution in [3.63, 3.8) is 0 Å². The van der Waals surface area contributed by atoms with Crippen LogP contribution in [0.2, 0.25) is 0 Å². The lowest BCUT2D eigenvalue weighted by Gasteiger charge is -2.63. The Morgan fingerprint density at radius 3 is 2.17 bits per heavy atom. The zero-order valence-corrected chi connectivity index (χ0v) is 20.1. The van der Waals surface area contributed by atoms with Gasteiger partial charge in [-0.25, -0.2) is 0 Å². The Labute approximate surface area is 179 Å². The van der Waals surface area contributed by atoms with E-state index in [0.29, 0.717) is 39.7 Å². The first-order valence-corrected chi connectivity index (χ1v) is 12.6. The van der Waals surface area contributed by atoms with Crippen molar-refractivity contribution >= 4 is 0 Å². The van der Waals surface area contributed by atoms with Gasteiger partial charge in [0.15, 0.2) is 0 Å². The van der Waals surface area contributed by atoms with E-state index in [4.69, 9.17) is 0 Å². The highest BCUT2D eigenvalue weighted by Crippen LogP contribution is 2.88. The van der Waals surface area contributed by atoms with Gasteiger partial charge in [-0.2, -0.15) is 0 Å². The largest absolute Gasteiger partial charge is 0.393 e. The Kier molecular flexibility index (Phi) is 4.31. The van der Waals surface area contributed by atoms with E-state index in [-0.39, 0.29) is 11.5 Å². The van der Waals surface area contributed by atoms with Crippen molar-refractivity contribution in [3.05, 3.63) is 0 Å². The van der Waals surface area contributed by atoms with Crippen LogP contribution in [0.4, 0.5) is 0 Å². The summed E-state index contributed by atoms with van der Waals surface area (Å²) in [6, 6.07) is 1.06. The molecule has 5 aliphatic rings. The first kappa shape index (κ1) is 20.8. The van der Waals surface area contributed by atoms with Crippen LogP contribution in [-0.2, 0) is 0 Å². The van der Waals surface area contributed by atoms with E-state index in [0.717, 1.165) is 18.3 Å². The lowest BCUT2D eigenvalue weighted by Crippen LogP contribution is -2.59. The summed E-state index contributed by atoms with van der Waals surface area (Å²) < 4.78 is 0. The SMILES string of the molecule is CNC1CC[C@]23C[C@]24CC[C@]2(C)[C@@H]([C@H](C)NC)[C@H](O)C[C@@]2(C)[C@@H]4CC[C@H]3C1(C)C. The van der Waals surface area contributed by atoms with Crippen LogP contribution in [0.5, 0.6) is 0 Å². The van der Waals surface area contributed by atoms with Crippen molar-refractivity contribution in [1.82, 2.24) is 10.6 Å². The average molecular weight is 403 g/mol. The molecule has 0 heterocycles. The van der Waals surface area contributed by atoms with Gasteiger partial charge in [0.2, 0.25) is 0 Å². The Balaban J connectivity index is 1.52. The van der Waals surface area contributed by atoms with E-state index < -0.39 is 0 Å². The van der Waals surface area contributed by atoms with Gasteiger partial charge in [0.1, 0.15) is 0 Å². The maximum Gasteiger partial charge on any atom is 0.0594 e. The molecule has 166 valence electrons. The molecule has 0 saturated heterocycles. The van der Waals surface area contributed by atoms with Crippen LogP contribution in [0.25, 0.3) is 0 Å². The van der Waals surface area contributed by atoms with E-state index in [1.165, 1.54) is 44.9 Å². The third kappa shape index (κ3) is 2.16. The quantitative estimate of drug-likeness (QED) is 0.647. The molecular formula is C26H46N2O. The van der Waals surface area contributed by atoms with Crippen LogP contribution in [-0.4, -0.2) is 37.4 Å². The second kappa shape index (κ2) is 6.01. The Bertz CT molecular complexity index is 692. The number of aliphatic hydroxyl groups excluding tert-OH is 1. The summed E-state index contributed by atoms with van der Waals surface area (Å²) in [5.74, 6) is 2.08. The van der Waals surface area contributed by atoms with E-state index in [1.807, 2.05) is 0 Å². The fourth-order valence-electron chi connectivity index (χ4n) is 11.1. The van der Waals surface area contributed by atoms with Crippen molar-refractivity contribution in [1.29, 1.82) is 0 Å². The van der Waals surface area contributed by atoms with E-state index in [1.54, 1.807) is 0 Å². The van der Waals surface area contributed by atoms with Gasteiger partial charge in [-0.15, -0.1) is 0 Å². The number of hydrogen-bond donors (Lipinski definition) is 3. The van der Waals surface area contributed by atoms with Crippen molar-refractivity contribution in [2.24, 2.45) is 44.8 Å². The van der Waals surface area contributed by atoms with Gasteiger partial charge in [0.05, 0.1) is 6.10 Å². The fraction of sp³-hybridized carbons (Fsp3) is 1.00. The van der Waals surface area contributed by atoms with Crippen LogP contribution < -0.4 is 10.6 Å². The van der Waals surface area contributed by atoms with Crippen molar-refractivity contribution < 1.29 is 5.11 Å². The highest BCUT2D eigenvalue weighted by Gasteiger charge is 2.82. The Morgan fingerprint density at radius 1 is 0.862 bits per heavy atom. The molecule has 5 aliphatic carbocycles. The maximum absolute atomic E-state index is 11.3. The predicted octanol–water partition coefficient (Wildman–Crippen LogP) is 4.59. The monoisotopic (exact) mass is 402 g/mol. The second-order valence-corrected chi connectivity index (χ2v) is 13.1. The first-order valence-electron chi connectivity index (χ1n) is 12.6. The third-order valence-corrected chi connectivity index (χ3v) is 12.5. The number of nitrogens with one attached hydrogen (secondary N) is 2. The van der Waals surface area contributed by atoms with Crippen molar-refractivity contribution in [2.75, 3.05) is 14.1 Å². The lowest BCUT2D eigenvalue weighted by molar-refractivity contribution is -0.144. The molecule has 3 N–H and O–H groups in total. The molecule has 2 spiro atoms. The smallest absolute Gasteiger partial charge is 0.0594 e. The average Bonchev–Trinajstić information content (AvgIpc) is 3.26. The van der Waals surface area contributed by atoms with E-state index >= 15 is 0 Å². The van der Waals surface area contributed by atoms with Gasteiger partial charge >= 0.3 is 0 Å². The molecule has 5 rings (SSSR count). The molecule has 1 unspecified atom stereocenters. The molecule has 0 bridgehead atoms. The van der Waals surface area contributed by atoms with Crippen LogP contribution in [0, 0.1) is 44.8 Å². The fourth-order valence-corrected chi connectivity index (χ4v) is 11.1. The number of rotatable bonds is 3. The molecule has 0 radical (unpaired) electrons. The highest BCUT2D eigenvalue weighted by atomic mass is 16.3. The lowest BCUT2D eigenvalue weighted by atomic mass is 9.42. The molecule has 29 heavy (non-hydrogen) atoms. The number of fused-ring (bicyclic) bond motifs is 2. The molecular weight excluding hydrogens is 356 g/mol. The van der Waals surface area contributed by atoms with Gasteiger partial charge in [-0.1, -0.05) is 27.7 Å². The zero-order valence-electron chi connectivity index (χ0n) is 20.1. The summed E-state index contributed by atoms with van der Waals surface area (Å²) in [4.78, 5) is 0. The molecule has 0 aromatic carbocycles. The van der Waals surface area contributed by atoms with Gasteiger partial charge in [-0.05, 0) is 111 Å². The zero-order chi connectivity index (χ0) is 21.0. The normalized spacial score (nSPS) is 58.6. The number of hydrogen-bond acceptors (Lipinski definition) is 3. The van der Waals surface area contributed by atoms with Crippen molar-refractivity contribution in [2.45, 2.75) is 104 Å². The molecule has 0 aromatic rings. The summed E-state index contributed by atoms with van der Waals surface area (Å²) in [6.07, 6.45) is 10.7. The molecule has 5 saturated carbocycles. The molecule has 0 aliphatic heterocycles. The Hall–Kier alpha value is -0.120. The summed E-state index contributed by atoms with van der Waals surface area (Å²) in [7, 11) is 4.25. The van der Waals surface area contributed by atoms with Gasteiger partial charge < -0.3 is 15.7 Å². The second-order valence-electron chi connectivity index (χ2n) is 13.1. The van der Waals surface area contributed by atoms with Crippen LogP contribution in [0.3, 0.4) is 0 Å². The maximum atomic E-state index is 11.3. The molecule has 10 atom stereocenters. The molecule has 3 heteroatoms. The molecule has 0 aromatic heterocycles. The summed E-state index contributed by atoms with van der Waals surface area (Å²) in [5, 5.41) is 18.4. The van der Waals surface area contributed by atoms with Gasteiger partial charge in [0, 0.05) is 18.0 Å². The van der Waals surface area contributed by atoms with Crippen molar-refractivity contribution in [3.8, 4) is 0 Å². The summed E-state index contributed by atoms with van der Waals surface area (Å²) in [6.45, 7) is 12.6. The van der Waals surface area contributed by atoms with E-state index in [9.17, 15) is 5.11 Å². The van der Waals surface area contributed by atoms with Crippen LogP contribution >= 0.6 is 0 Å². The standard InChI is InChI=1S/C26H46N2O/c1-16(27-6)21-17(29)14-24(5)19-9-8-18-22(2,3)20(28-7)10-11-25(18)15-26(19,25)13-12-23(21,24)4/h16-21,27-29H,8-15H2,1-7H3/t16-,17+,18-,19-,20?,21-,23+,24-,25+,26-/m0/s1. The molecule has 3 nitrogen and oxygen atoms in total. The van der Waals surface area contributed by atoms with Gasteiger partial charge in [-0.3, -0.25) is 0 Å². The summed E-state index contributed by atoms with van der Waals surface area (Å²) >= 11 is 0. The minimum absolute atomic E-state index is 0.147. The summed E-state index contributed by atoms with van der Waals surface area (Å²) in [5.41, 5.74) is 2.14.